The van der Waals surface area contributed by atoms with Crippen molar-refractivity contribution in [3.8, 4) is 17.6 Å². The fourth-order valence-corrected chi connectivity index (χ4v) is 1.81. The van der Waals surface area contributed by atoms with E-state index in [9.17, 15) is 0 Å². The van der Waals surface area contributed by atoms with E-state index >= 15 is 0 Å². The number of nitrogens with zero attached hydrogens (tertiary/aromatic N) is 1. The van der Waals surface area contributed by atoms with Gasteiger partial charge in [-0.25, -0.2) is 0 Å². The Labute approximate surface area is 117 Å². The second-order valence-corrected chi connectivity index (χ2v) is 4.10. The van der Waals surface area contributed by atoms with E-state index in [-0.39, 0.29) is 0 Å². The maximum Gasteiger partial charge on any atom is 0.124 e. The molecule has 102 valence electrons. The lowest BCUT2D eigenvalue weighted by Crippen LogP contribution is -1.99. The molecule has 0 saturated carbocycles. The zero-order chi connectivity index (χ0) is 14.5. The van der Waals surface area contributed by atoms with Crippen molar-refractivity contribution in [1.82, 2.24) is 0 Å². The van der Waals surface area contributed by atoms with Gasteiger partial charge in [0.1, 0.15) is 17.6 Å². The molecule has 0 aliphatic carbocycles. The van der Waals surface area contributed by atoms with E-state index in [1.807, 2.05) is 18.2 Å². The van der Waals surface area contributed by atoms with Gasteiger partial charge in [-0.05, 0) is 12.1 Å². The summed E-state index contributed by atoms with van der Waals surface area (Å²) in [7, 11) is 3.17. The number of methoxy groups -OCH3 is 2. The minimum absolute atomic E-state index is 0.414. The van der Waals surface area contributed by atoms with Gasteiger partial charge in [0.2, 0.25) is 0 Å². The Hall–Kier alpha value is -2.87. The minimum Gasteiger partial charge on any atom is -0.497 e. The topological polar surface area (TPSA) is 80.3 Å². The Balaban J connectivity index is 2.37. The molecule has 0 heterocycles. The average Bonchev–Trinajstić information content (AvgIpc) is 2.49. The molecule has 5 nitrogen and oxygen atoms in total. The summed E-state index contributed by atoms with van der Waals surface area (Å²) in [6, 6.07) is 12.7. The van der Waals surface area contributed by atoms with Crippen LogP contribution in [0.25, 0.3) is 0 Å². The number of nitrogens with two attached hydrogens (primary N) is 1. The smallest absolute Gasteiger partial charge is 0.124 e. The van der Waals surface area contributed by atoms with E-state index in [2.05, 4.69) is 11.4 Å². The molecular weight excluding hydrogens is 254 g/mol. The lowest BCUT2D eigenvalue weighted by atomic mass is 10.1. The summed E-state index contributed by atoms with van der Waals surface area (Å²) in [6.07, 6.45) is 0. The van der Waals surface area contributed by atoms with Gasteiger partial charge < -0.3 is 20.5 Å². The van der Waals surface area contributed by atoms with Crippen LogP contribution < -0.4 is 20.5 Å². The molecule has 0 saturated heterocycles. The number of ether oxygens (including phenoxy) is 2. The molecule has 0 radical (unpaired) electrons. The maximum atomic E-state index is 8.98. The first-order valence-electron chi connectivity index (χ1n) is 5.96. The van der Waals surface area contributed by atoms with E-state index in [1.165, 1.54) is 0 Å². The highest BCUT2D eigenvalue weighted by Gasteiger charge is 2.07. The van der Waals surface area contributed by atoms with Crippen molar-refractivity contribution in [2.45, 2.75) is 0 Å². The van der Waals surface area contributed by atoms with Crippen LogP contribution in [0.3, 0.4) is 0 Å². The Morgan fingerprint density at radius 2 is 1.75 bits per heavy atom. The van der Waals surface area contributed by atoms with Gasteiger partial charge in [-0.15, -0.1) is 0 Å². The lowest BCUT2D eigenvalue weighted by Gasteiger charge is -2.12. The van der Waals surface area contributed by atoms with Crippen molar-refractivity contribution in [3.63, 3.8) is 0 Å². The number of hydrogen-bond acceptors (Lipinski definition) is 5. The van der Waals surface area contributed by atoms with E-state index in [0.717, 1.165) is 5.69 Å². The summed E-state index contributed by atoms with van der Waals surface area (Å²) >= 11 is 0. The number of nitrogens with one attached hydrogen (secondary N) is 1. The highest BCUT2D eigenvalue weighted by Crippen LogP contribution is 2.30. The summed E-state index contributed by atoms with van der Waals surface area (Å²) in [4.78, 5) is 0. The van der Waals surface area contributed by atoms with Gasteiger partial charge >= 0.3 is 0 Å². The molecular formula is C15H15N3O2. The van der Waals surface area contributed by atoms with Gasteiger partial charge in [0.15, 0.2) is 0 Å². The van der Waals surface area contributed by atoms with Crippen molar-refractivity contribution in [3.05, 3.63) is 42.0 Å². The molecule has 0 aliphatic heterocycles. The van der Waals surface area contributed by atoms with Crippen LogP contribution >= 0.6 is 0 Å². The molecule has 0 unspecified atom stereocenters. The third-order valence-electron chi connectivity index (χ3n) is 2.86. The van der Waals surface area contributed by atoms with Gasteiger partial charge in [0.25, 0.3) is 0 Å². The molecule has 3 N–H and O–H groups in total. The molecule has 0 amide bonds. The van der Waals surface area contributed by atoms with Crippen LogP contribution in [0.4, 0.5) is 17.1 Å². The van der Waals surface area contributed by atoms with E-state index in [1.54, 1.807) is 32.4 Å². The number of rotatable bonds is 4. The zero-order valence-corrected chi connectivity index (χ0v) is 11.3. The maximum absolute atomic E-state index is 8.98. The molecule has 5 heteroatoms. The van der Waals surface area contributed by atoms with E-state index in [0.29, 0.717) is 28.4 Å². The average molecular weight is 269 g/mol. The third kappa shape index (κ3) is 2.75. The van der Waals surface area contributed by atoms with Crippen LogP contribution in [0.15, 0.2) is 36.4 Å². The van der Waals surface area contributed by atoms with Crippen LogP contribution in [0.1, 0.15) is 5.56 Å². The predicted molar refractivity (Wildman–Crippen MR) is 78.4 cm³/mol. The summed E-state index contributed by atoms with van der Waals surface area (Å²) < 4.78 is 10.4. The molecule has 2 aromatic rings. The molecule has 2 rings (SSSR count). The number of hydrogen-bond donors (Lipinski definition) is 2. The zero-order valence-electron chi connectivity index (χ0n) is 11.3. The van der Waals surface area contributed by atoms with Crippen LogP contribution in [0, 0.1) is 11.3 Å². The minimum atomic E-state index is 0.414. The van der Waals surface area contributed by atoms with Crippen molar-refractivity contribution < 1.29 is 9.47 Å². The molecule has 0 spiro atoms. The Bertz CT molecular complexity index is 640. The Morgan fingerprint density at radius 3 is 2.30 bits per heavy atom. The molecule has 2 aromatic carbocycles. The number of nitrogen functional groups attached to an aromatic ring is 1. The quantitative estimate of drug-likeness (QED) is 0.834. The lowest BCUT2D eigenvalue weighted by molar-refractivity contribution is 0.395. The first-order valence-corrected chi connectivity index (χ1v) is 5.96. The van der Waals surface area contributed by atoms with Gasteiger partial charge in [-0.3, -0.25) is 0 Å². The fraction of sp³-hybridized carbons (Fsp3) is 0.133. The van der Waals surface area contributed by atoms with Gasteiger partial charge in [0, 0.05) is 23.9 Å². The Morgan fingerprint density at radius 1 is 1.10 bits per heavy atom. The van der Waals surface area contributed by atoms with Crippen LogP contribution in [-0.2, 0) is 0 Å². The standard InChI is InChI=1S/C15H15N3O2/c1-19-12-6-11(7-13(8-12)20-2)18-14-5-3-4-10(9-16)15(14)17/h3-8,18H,17H2,1-2H3. The molecule has 0 atom stereocenters. The Kier molecular flexibility index (Phi) is 3.96. The van der Waals surface area contributed by atoms with Crippen molar-refractivity contribution >= 4 is 17.1 Å². The highest BCUT2D eigenvalue weighted by molar-refractivity contribution is 5.77. The van der Waals surface area contributed by atoms with Gasteiger partial charge in [-0.1, -0.05) is 6.07 Å². The molecule has 0 bridgehead atoms. The van der Waals surface area contributed by atoms with Crippen molar-refractivity contribution in [2.75, 3.05) is 25.3 Å². The van der Waals surface area contributed by atoms with Crippen LogP contribution in [0.2, 0.25) is 0 Å². The normalized spacial score (nSPS) is 9.65. The first-order chi connectivity index (χ1) is 9.67. The fourth-order valence-electron chi connectivity index (χ4n) is 1.81. The summed E-state index contributed by atoms with van der Waals surface area (Å²) in [5.41, 5.74) is 8.22. The molecule has 20 heavy (non-hydrogen) atoms. The number of anilines is 3. The first kappa shape index (κ1) is 13.6. The number of nitriles is 1. The predicted octanol–water partition coefficient (Wildman–Crippen LogP) is 2.90. The molecule has 0 aliphatic rings. The van der Waals surface area contributed by atoms with Gasteiger partial charge in [-0.2, -0.15) is 5.26 Å². The van der Waals surface area contributed by atoms with E-state index < -0.39 is 0 Å². The summed E-state index contributed by atoms with van der Waals surface area (Å²) in [5, 5.41) is 12.1. The second-order valence-electron chi connectivity index (χ2n) is 4.10. The number of benzene rings is 2. The van der Waals surface area contributed by atoms with Crippen molar-refractivity contribution in [2.24, 2.45) is 0 Å². The van der Waals surface area contributed by atoms with E-state index in [4.69, 9.17) is 20.5 Å². The second kappa shape index (κ2) is 5.85. The SMILES string of the molecule is COc1cc(Nc2cccc(C#N)c2N)cc(OC)c1. The third-order valence-corrected chi connectivity index (χ3v) is 2.86. The molecule has 0 aromatic heterocycles. The van der Waals surface area contributed by atoms with Crippen molar-refractivity contribution in [1.29, 1.82) is 5.26 Å². The number of para-hydroxylation sites is 1. The largest absolute Gasteiger partial charge is 0.497 e. The highest BCUT2D eigenvalue weighted by atomic mass is 16.5. The van der Waals surface area contributed by atoms with Crippen LogP contribution in [0.5, 0.6) is 11.5 Å². The van der Waals surface area contributed by atoms with Gasteiger partial charge in [0.05, 0.1) is 31.2 Å². The van der Waals surface area contributed by atoms with Crippen LogP contribution in [-0.4, -0.2) is 14.2 Å². The summed E-state index contributed by atoms with van der Waals surface area (Å²) in [6.45, 7) is 0. The molecule has 0 fully saturated rings. The summed E-state index contributed by atoms with van der Waals surface area (Å²) in [5.74, 6) is 1.34. The monoisotopic (exact) mass is 269 g/mol.